The molecular formula is C21H17BrN4O5. The Bertz CT molecular complexity index is 1120. The van der Waals surface area contributed by atoms with Crippen molar-refractivity contribution in [2.45, 2.75) is 0 Å². The van der Waals surface area contributed by atoms with E-state index in [-0.39, 0.29) is 17.0 Å². The normalized spacial score (nSPS) is 10.5. The Balaban J connectivity index is 1.77. The van der Waals surface area contributed by atoms with Crippen molar-refractivity contribution in [2.75, 3.05) is 14.2 Å². The molecule has 9 nitrogen and oxygen atoms in total. The lowest BCUT2D eigenvalue weighted by molar-refractivity contribution is 0.0733. The highest BCUT2D eigenvalue weighted by molar-refractivity contribution is 9.10. The summed E-state index contributed by atoms with van der Waals surface area (Å²) in [4.78, 5) is 32.4. The van der Waals surface area contributed by atoms with Crippen LogP contribution in [0.5, 0.6) is 17.2 Å². The number of hydrogen-bond acceptors (Lipinski definition) is 8. The van der Waals surface area contributed by atoms with Crippen molar-refractivity contribution >= 4 is 34.0 Å². The number of halogens is 1. The maximum atomic E-state index is 12.6. The van der Waals surface area contributed by atoms with E-state index in [1.165, 1.54) is 45.1 Å². The number of esters is 1. The van der Waals surface area contributed by atoms with Gasteiger partial charge in [0.2, 0.25) is 0 Å². The second-order valence-electron chi connectivity index (χ2n) is 5.93. The van der Waals surface area contributed by atoms with Crippen LogP contribution in [0, 0.1) is 0 Å². The average molecular weight is 485 g/mol. The number of hydrogen-bond donors (Lipinski definition) is 1. The molecule has 1 amide bonds. The van der Waals surface area contributed by atoms with Crippen LogP contribution in [0.1, 0.15) is 26.4 Å². The molecule has 0 radical (unpaired) electrons. The number of amides is 1. The third-order valence-electron chi connectivity index (χ3n) is 3.96. The van der Waals surface area contributed by atoms with Gasteiger partial charge in [-0.3, -0.25) is 9.78 Å². The van der Waals surface area contributed by atoms with Gasteiger partial charge >= 0.3 is 5.97 Å². The monoisotopic (exact) mass is 484 g/mol. The second-order valence-corrected chi connectivity index (χ2v) is 6.85. The Labute approximate surface area is 186 Å². The van der Waals surface area contributed by atoms with E-state index in [4.69, 9.17) is 14.2 Å². The molecule has 2 aromatic carbocycles. The summed E-state index contributed by atoms with van der Waals surface area (Å²) in [6.45, 7) is 0. The van der Waals surface area contributed by atoms with Crippen LogP contribution >= 0.6 is 15.9 Å². The minimum Gasteiger partial charge on any atom is -0.493 e. The maximum Gasteiger partial charge on any atom is 0.343 e. The topological polar surface area (TPSA) is 112 Å². The number of carbonyl (C=O) groups excluding carboxylic acids is 2. The van der Waals surface area contributed by atoms with Crippen LogP contribution in [0.3, 0.4) is 0 Å². The van der Waals surface area contributed by atoms with Gasteiger partial charge < -0.3 is 14.2 Å². The van der Waals surface area contributed by atoms with Crippen LogP contribution in [-0.2, 0) is 0 Å². The highest BCUT2D eigenvalue weighted by Crippen LogP contribution is 2.29. The van der Waals surface area contributed by atoms with Crippen LogP contribution in [0.15, 0.2) is 64.6 Å². The second kappa shape index (κ2) is 10.3. The van der Waals surface area contributed by atoms with Crippen molar-refractivity contribution in [3.8, 4) is 17.2 Å². The molecule has 3 aromatic rings. The van der Waals surface area contributed by atoms with E-state index in [0.29, 0.717) is 17.1 Å². The van der Waals surface area contributed by atoms with Crippen molar-refractivity contribution in [3.05, 3.63) is 76.3 Å². The minimum atomic E-state index is -0.596. The first-order valence-electron chi connectivity index (χ1n) is 8.85. The predicted molar refractivity (Wildman–Crippen MR) is 116 cm³/mol. The van der Waals surface area contributed by atoms with Crippen molar-refractivity contribution in [2.24, 2.45) is 5.10 Å². The molecule has 0 aliphatic carbocycles. The number of rotatable bonds is 7. The number of nitrogens with zero attached hydrogens (tertiary/aromatic N) is 3. The smallest absolute Gasteiger partial charge is 0.343 e. The molecule has 0 fully saturated rings. The molecule has 0 bridgehead atoms. The molecule has 0 atom stereocenters. The quantitative estimate of drug-likeness (QED) is 0.237. The molecule has 0 saturated carbocycles. The van der Waals surface area contributed by atoms with E-state index in [2.05, 4.69) is 36.4 Å². The van der Waals surface area contributed by atoms with Crippen LogP contribution in [-0.4, -0.2) is 42.3 Å². The molecule has 158 valence electrons. The summed E-state index contributed by atoms with van der Waals surface area (Å²) in [6, 6.07) is 9.71. The summed E-state index contributed by atoms with van der Waals surface area (Å²) in [6.07, 6.45) is 5.54. The lowest BCUT2D eigenvalue weighted by Gasteiger charge is -2.11. The fourth-order valence-corrected chi connectivity index (χ4v) is 2.85. The minimum absolute atomic E-state index is 0.119. The first kappa shape index (κ1) is 21.9. The van der Waals surface area contributed by atoms with Crippen LogP contribution in [0.2, 0.25) is 0 Å². The van der Waals surface area contributed by atoms with E-state index in [1.54, 1.807) is 30.3 Å². The predicted octanol–water partition coefficient (Wildman–Crippen LogP) is 3.24. The highest BCUT2D eigenvalue weighted by Gasteiger charge is 2.15. The van der Waals surface area contributed by atoms with Gasteiger partial charge in [-0.25, -0.2) is 15.2 Å². The Morgan fingerprint density at radius 3 is 2.52 bits per heavy atom. The number of ether oxygens (including phenoxy) is 3. The summed E-state index contributed by atoms with van der Waals surface area (Å²) in [5.74, 6) is 0.0286. The summed E-state index contributed by atoms with van der Waals surface area (Å²) in [5, 5.41) is 3.91. The van der Waals surface area contributed by atoms with Gasteiger partial charge in [0, 0.05) is 22.4 Å². The SMILES string of the molecule is COc1ccc(C(=O)Oc2ccc(Br)cc2/C=N/NC(=O)c2cnccn2)cc1OC. The molecule has 0 spiro atoms. The molecule has 0 unspecified atom stereocenters. The van der Waals surface area contributed by atoms with E-state index in [0.717, 1.165) is 4.47 Å². The molecule has 3 rings (SSSR count). The molecule has 0 aliphatic rings. The number of carbonyl (C=O) groups is 2. The number of methoxy groups -OCH3 is 2. The van der Waals surface area contributed by atoms with Crippen LogP contribution in [0.25, 0.3) is 0 Å². The lowest BCUT2D eigenvalue weighted by atomic mass is 10.2. The third-order valence-corrected chi connectivity index (χ3v) is 4.45. The average Bonchev–Trinajstić information content (AvgIpc) is 2.80. The summed E-state index contributed by atoms with van der Waals surface area (Å²) in [5.41, 5.74) is 3.21. The standard InChI is InChI=1S/C21H17BrN4O5/c1-29-18-5-3-13(10-19(18)30-2)21(28)31-17-6-4-15(22)9-14(17)11-25-26-20(27)16-12-23-7-8-24-16/h3-12H,1-2H3,(H,26,27)/b25-11+. The first-order valence-corrected chi connectivity index (χ1v) is 9.64. The van der Waals surface area contributed by atoms with E-state index in [1.807, 2.05) is 0 Å². The van der Waals surface area contributed by atoms with Crippen molar-refractivity contribution in [3.63, 3.8) is 0 Å². The van der Waals surface area contributed by atoms with Crippen LogP contribution in [0.4, 0.5) is 0 Å². The van der Waals surface area contributed by atoms with E-state index < -0.39 is 11.9 Å². The Hall–Kier alpha value is -3.79. The number of benzene rings is 2. The molecular weight excluding hydrogens is 468 g/mol. The summed E-state index contributed by atoms with van der Waals surface area (Å²) in [7, 11) is 2.98. The van der Waals surface area contributed by atoms with E-state index in [9.17, 15) is 9.59 Å². The molecule has 1 heterocycles. The molecule has 10 heteroatoms. The van der Waals surface area contributed by atoms with Crippen molar-refractivity contribution in [1.29, 1.82) is 0 Å². The zero-order valence-electron chi connectivity index (χ0n) is 16.5. The molecule has 31 heavy (non-hydrogen) atoms. The third kappa shape index (κ3) is 5.64. The van der Waals surface area contributed by atoms with Gasteiger partial charge in [-0.2, -0.15) is 5.10 Å². The Kier molecular flexibility index (Phi) is 7.28. The van der Waals surface area contributed by atoms with Gasteiger partial charge in [0.15, 0.2) is 11.5 Å². The van der Waals surface area contributed by atoms with Gasteiger partial charge in [0.1, 0.15) is 11.4 Å². The van der Waals surface area contributed by atoms with Gasteiger partial charge in [-0.15, -0.1) is 0 Å². The number of aromatic nitrogens is 2. The van der Waals surface area contributed by atoms with Crippen molar-refractivity contribution in [1.82, 2.24) is 15.4 Å². The van der Waals surface area contributed by atoms with Gasteiger partial charge in [0.25, 0.3) is 5.91 Å². The van der Waals surface area contributed by atoms with Gasteiger partial charge in [0.05, 0.1) is 32.2 Å². The fourth-order valence-electron chi connectivity index (χ4n) is 2.47. The zero-order valence-corrected chi connectivity index (χ0v) is 18.1. The fraction of sp³-hybridized carbons (Fsp3) is 0.0952. The molecule has 1 N–H and O–H groups in total. The highest BCUT2D eigenvalue weighted by atomic mass is 79.9. The first-order chi connectivity index (χ1) is 15.0. The largest absolute Gasteiger partial charge is 0.493 e. The van der Waals surface area contributed by atoms with Gasteiger partial charge in [-0.05, 0) is 36.4 Å². The maximum absolute atomic E-state index is 12.6. The van der Waals surface area contributed by atoms with Gasteiger partial charge in [-0.1, -0.05) is 15.9 Å². The molecule has 0 saturated heterocycles. The summed E-state index contributed by atoms with van der Waals surface area (Å²) >= 11 is 3.36. The number of nitrogens with one attached hydrogen (secondary N) is 1. The van der Waals surface area contributed by atoms with E-state index >= 15 is 0 Å². The number of hydrazone groups is 1. The van der Waals surface area contributed by atoms with Crippen molar-refractivity contribution < 1.29 is 23.8 Å². The van der Waals surface area contributed by atoms with Crippen LogP contribution < -0.4 is 19.6 Å². The lowest BCUT2D eigenvalue weighted by Crippen LogP contribution is -2.19. The molecule has 1 aromatic heterocycles. The Morgan fingerprint density at radius 1 is 1.03 bits per heavy atom. The zero-order chi connectivity index (χ0) is 22.2. The molecule has 0 aliphatic heterocycles. The Morgan fingerprint density at radius 2 is 1.81 bits per heavy atom. The summed E-state index contributed by atoms with van der Waals surface area (Å²) < 4.78 is 16.6.